The molecule has 0 spiro atoms. The van der Waals surface area contributed by atoms with E-state index < -0.39 is 0 Å². The highest BCUT2D eigenvalue weighted by atomic mass is 35.5. The summed E-state index contributed by atoms with van der Waals surface area (Å²) in [5.41, 5.74) is 0. The molecule has 1 amide bonds. The van der Waals surface area contributed by atoms with E-state index in [0.717, 1.165) is 12.8 Å². The number of fused-ring (bicyclic) bond motifs is 2. The van der Waals surface area contributed by atoms with Crippen molar-refractivity contribution in [2.75, 3.05) is 6.61 Å². The summed E-state index contributed by atoms with van der Waals surface area (Å²) in [5, 5.41) is 15.7. The molecule has 2 fully saturated rings. The maximum atomic E-state index is 12.1. The smallest absolute Gasteiger partial charge is 0.220 e. The van der Waals surface area contributed by atoms with E-state index in [1.54, 1.807) is 0 Å². The molecule has 3 N–H and O–H groups in total. The highest BCUT2D eigenvalue weighted by Gasteiger charge is 2.34. The third-order valence-corrected chi connectivity index (χ3v) is 4.64. The molecule has 2 bridgehead atoms. The van der Waals surface area contributed by atoms with Gasteiger partial charge in [-0.1, -0.05) is 13.8 Å². The molecule has 3 unspecified atom stereocenters. The normalized spacial score (nSPS) is 29.9. The van der Waals surface area contributed by atoms with Crippen LogP contribution >= 0.6 is 12.4 Å². The van der Waals surface area contributed by atoms with Crippen LogP contribution in [0.5, 0.6) is 0 Å². The van der Waals surface area contributed by atoms with Gasteiger partial charge in [-0.2, -0.15) is 0 Å². The van der Waals surface area contributed by atoms with E-state index in [-0.39, 0.29) is 31.0 Å². The number of rotatable bonds is 6. The van der Waals surface area contributed by atoms with E-state index in [9.17, 15) is 4.79 Å². The fourth-order valence-corrected chi connectivity index (χ4v) is 3.58. The number of carbonyl (C=O) groups is 1. The molecule has 2 aliphatic rings. The lowest BCUT2D eigenvalue weighted by atomic mass is 9.89. The fourth-order valence-electron chi connectivity index (χ4n) is 3.58. The minimum atomic E-state index is 0. The zero-order valence-electron chi connectivity index (χ0n) is 12.6. The van der Waals surface area contributed by atoms with Gasteiger partial charge in [0.25, 0.3) is 0 Å². The van der Waals surface area contributed by atoms with Gasteiger partial charge in [-0.25, -0.2) is 0 Å². The average molecular weight is 305 g/mol. The number of hydrogen-bond donors (Lipinski definition) is 3. The molecule has 118 valence electrons. The van der Waals surface area contributed by atoms with Gasteiger partial charge < -0.3 is 15.7 Å². The average Bonchev–Trinajstić information content (AvgIpc) is 2.68. The fraction of sp³-hybridized carbons (Fsp3) is 0.933. The van der Waals surface area contributed by atoms with Crippen LogP contribution in [0, 0.1) is 11.8 Å². The molecule has 0 aromatic heterocycles. The van der Waals surface area contributed by atoms with E-state index in [1.165, 1.54) is 12.8 Å². The summed E-state index contributed by atoms with van der Waals surface area (Å²) in [5.74, 6) is 1.08. The Morgan fingerprint density at radius 2 is 1.90 bits per heavy atom. The first kappa shape index (κ1) is 17.7. The number of piperidine rings is 1. The zero-order valence-corrected chi connectivity index (χ0v) is 13.4. The monoisotopic (exact) mass is 304 g/mol. The lowest BCUT2D eigenvalue weighted by Crippen LogP contribution is -2.42. The number of carbonyl (C=O) groups excluding carboxylic acids is 1. The molecule has 20 heavy (non-hydrogen) atoms. The lowest BCUT2D eigenvalue weighted by Gasteiger charge is -2.29. The summed E-state index contributed by atoms with van der Waals surface area (Å²) < 4.78 is 0. The van der Waals surface area contributed by atoms with Crippen LogP contribution in [0.15, 0.2) is 0 Å². The van der Waals surface area contributed by atoms with Crippen LogP contribution in [0.4, 0.5) is 0 Å². The van der Waals surface area contributed by atoms with Crippen molar-refractivity contribution in [1.29, 1.82) is 0 Å². The molecular formula is C15H29ClN2O2. The van der Waals surface area contributed by atoms with Gasteiger partial charge in [0, 0.05) is 31.2 Å². The first-order chi connectivity index (χ1) is 9.08. The SMILES string of the molecule is CC(C)C(CCO)NC(=O)CC1CC2CCC(C1)N2.Cl. The number of aliphatic hydroxyl groups is 1. The van der Waals surface area contributed by atoms with Gasteiger partial charge in [0.1, 0.15) is 0 Å². The molecule has 0 saturated carbocycles. The quantitative estimate of drug-likeness (QED) is 0.702. The van der Waals surface area contributed by atoms with Gasteiger partial charge in [0.05, 0.1) is 0 Å². The Hall–Kier alpha value is -0.320. The van der Waals surface area contributed by atoms with Gasteiger partial charge in [-0.3, -0.25) is 4.79 Å². The molecule has 2 aliphatic heterocycles. The molecule has 2 saturated heterocycles. The van der Waals surface area contributed by atoms with Crippen LogP contribution in [-0.4, -0.2) is 35.7 Å². The van der Waals surface area contributed by atoms with Gasteiger partial charge >= 0.3 is 0 Å². The molecule has 3 atom stereocenters. The first-order valence-electron chi connectivity index (χ1n) is 7.74. The van der Waals surface area contributed by atoms with E-state index in [2.05, 4.69) is 24.5 Å². The zero-order chi connectivity index (χ0) is 13.8. The summed E-state index contributed by atoms with van der Waals surface area (Å²) in [6.45, 7) is 4.32. The van der Waals surface area contributed by atoms with Crippen LogP contribution in [0.3, 0.4) is 0 Å². The lowest BCUT2D eigenvalue weighted by molar-refractivity contribution is -0.123. The molecule has 0 aliphatic carbocycles. The van der Waals surface area contributed by atoms with Crippen molar-refractivity contribution >= 4 is 18.3 Å². The number of amides is 1. The van der Waals surface area contributed by atoms with Crippen molar-refractivity contribution in [2.24, 2.45) is 11.8 Å². The second-order valence-corrected chi connectivity index (χ2v) is 6.61. The number of halogens is 1. The summed E-state index contributed by atoms with van der Waals surface area (Å²) in [6.07, 6.45) is 6.17. The third kappa shape index (κ3) is 4.90. The number of hydrogen-bond acceptors (Lipinski definition) is 3. The Balaban J connectivity index is 0.00000200. The molecule has 5 heteroatoms. The maximum absolute atomic E-state index is 12.1. The minimum Gasteiger partial charge on any atom is -0.396 e. The highest BCUT2D eigenvalue weighted by Crippen LogP contribution is 2.32. The summed E-state index contributed by atoms with van der Waals surface area (Å²) in [6, 6.07) is 1.40. The molecule has 2 rings (SSSR count). The van der Waals surface area contributed by atoms with Crippen LogP contribution in [0.1, 0.15) is 52.4 Å². The van der Waals surface area contributed by atoms with E-state index in [0.29, 0.717) is 36.8 Å². The molecule has 0 aromatic carbocycles. The molecule has 2 heterocycles. The van der Waals surface area contributed by atoms with E-state index >= 15 is 0 Å². The maximum Gasteiger partial charge on any atom is 0.220 e. The standard InChI is InChI=1S/C15H28N2O2.ClH/c1-10(2)14(5-6-18)17-15(19)9-11-7-12-3-4-13(8-11)16-12;/h10-14,16,18H,3-9H2,1-2H3,(H,17,19);1H. The predicted molar refractivity (Wildman–Crippen MR) is 83.0 cm³/mol. The largest absolute Gasteiger partial charge is 0.396 e. The van der Waals surface area contributed by atoms with Crippen LogP contribution in [0.2, 0.25) is 0 Å². The van der Waals surface area contributed by atoms with E-state index in [1.807, 2.05) is 0 Å². The van der Waals surface area contributed by atoms with Crippen molar-refractivity contribution in [3.8, 4) is 0 Å². The topological polar surface area (TPSA) is 61.4 Å². The summed E-state index contributed by atoms with van der Waals surface area (Å²) >= 11 is 0. The van der Waals surface area contributed by atoms with Crippen molar-refractivity contribution in [2.45, 2.75) is 70.5 Å². The van der Waals surface area contributed by atoms with Gasteiger partial charge in [0.15, 0.2) is 0 Å². The predicted octanol–water partition coefficient (Wildman–Crippen LogP) is 1.85. The minimum absolute atomic E-state index is 0. The first-order valence-corrected chi connectivity index (χ1v) is 7.74. The highest BCUT2D eigenvalue weighted by molar-refractivity contribution is 5.85. The Morgan fingerprint density at radius 3 is 2.40 bits per heavy atom. The molecule has 0 radical (unpaired) electrons. The van der Waals surface area contributed by atoms with Crippen molar-refractivity contribution in [1.82, 2.24) is 10.6 Å². The van der Waals surface area contributed by atoms with Gasteiger partial charge in [-0.05, 0) is 43.9 Å². The Bertz CT molecular complexity index is 300. The van der Waals surface area contributed by atoms with Crippen molar-refractivity contribution < 1.29 is 9.90 Å². The Morgan fingerprint density at radius 1 is 1.30 bits per heavy atom. The van der Waals surface area contributed by atoms with Crippen LogP contribution < -0.4 is 10.6 Å². The van der Waals surface area contributed by atoms with Crippen LogP contribution in [0.25, 0.3) is 0 Å². The number of aliphatic hydroxyl groups excluding tert-OH is 1. The van der Waals surface area contributed by atoms with Crippen LogP contribution in [-0.2, 0) is 4.79 Å². The molecule has 4 nitrogen and oxygen atoms in total. The number of nitrogens with one attached hydrogen (secondary N) is 2. The third-order valence-electron chi connectivity index (χ3n) is 4.64. The van der Waals surface area contributed by atoms with Crippen molar-refractivity contribution in [3.05, 3.63) is 0 Å². The molecular weight excluding hydrogens is 276 g/mol. The summed E-state index contributed by atoms with van der Waals surface area (Å²) in [4.78, 5) is 12.1. The second kappa shape index (κ2) is 8.20. The Labute approximate surface area is 128 Å². The summed E-state index contributed by atoms with van der Waals surface area (Å²) in [7, 11) is 0. The van der Waals surface area contributed by atoms with Gasteiger partial charge in [-0.15, -0.1) is 12.4 Å². The second-order valence-electron chi connectivity index (χ2n) is 6.61. The van der Waals surface area contributed by atoms with Gasteiger partial charge in [0.2, 0.25) is 5.91 Å². The van der Waals surface area contributed by atoms with E-state index in [4.69, 9.17) is 5.11 Å². The Kier molecular flexibility index (Phi) is 7.27. The van der Waals surface area contributed by atoms with Crippen molar-refractivity contribution in [3.63, 3.8) is 0 Å². The molecule has 0 aromatic rings.